The van der Waals surface area contributed by atoms with Gasteiger partial charge in [-0.3, -0.25) is 0 Å². The van der Waals surface area contributed by atoms with E-state index in [2.05, 4.69) is 216 Å². The van der Waals surface area contributed by atoms with Crippen molar-refractivity contribution >= 4 is 28.0 Å². The van der Waals surface area contributed by atoms with E-state index in [1.54, 1.807) is 0 Å². The number of hydrogen-bond donors (Lipinski definition) is 0. The highest BCUT2D eigenvalue weighted by Gasteiger charge is 2.22. The average Bonchev–Trinajstić information content (AvgIpc) is 3.66. The zero-order valence-electron chi connectivity index (χ0n) is 32.3. The van der Waals surface area contributed by atoms with Crippen LogP contribution in [0.3, 0.4) is 0 Å². The van der Waals surface area contributed by atoms with Gasteiger partial charge in [0.05, 0.1) is 11.2 Å². The van der Waals surface area contributed by atoms with Crippen molar-refractivity contribution in [1.82, 2.24) is 4.57 Å². The maximum Gasteiger partial charge on any atom is 0.123 e. The van der Waals surface area contributed by atoms with E-state index in [1.165, 1.54) is 34.4 Å². The molecule has 0 aliphatic carbocycles. The summed E-state index contributed by atoms with van der Waals surface area (Å²) >= 11 is 0. The fraction of sp³-hybridized carbons (Fsp3) is 0. The molecule has 280 valence electrons. The van der Waals surface area contributed by atoms with Crippen molar-refractivity contribution in [2.45, 2.75) is 0 Å². The Hall–Kier alpha value is -7.75. The summed E-state index contributed by atoms with van der Waals surface area (Å²) in [6, 6.07) is 82.0. The molecule has 0 spiro atoms. The Morgan fingerprint density at radius 3 is 1.15 bits per heavy atom. The zero-order valence-corrected chi connectivity index (χ0v) is 32.3. The van der Waals surface area contributed by atoms with Gasteiger partial charge in [0.1, 0.15) is 5.82 Å². The van der Waals surface area contributed by atoms with Crippen molar-refractivity contribution in [1.29, 1.82) is 0 Å². The highest BCUT2D eigenvalue weighted by atomic mass is 19.1. The summed E-state index contributed by atoms with van der Waals surface area (Å²) in [4.78, 5) is 2.32. The third-order valence-corrected chi connectivity index (χ3v) is 11.1. The molecule has 0 N–H and O–H groups in total. The molecule has 0 amide bonds. The van der Waals surface area contributed by atoms with E-state index in [1.807, 2.05) is 18.2 Å². The molecule has 0 atom stereocenters. The first-order valence-corrected chi connectivity index (χ1v) is 19.9. The minimum atomic E-state index is -0.257. The number of rotatable bonds is 9. The third kappa shape index (κ3) is 7.00. The topological polar surface area (TPSA) is 8.17 Å². The van der Waals surface area contributed by atoms with Crippen LogP contribution in [0.1, 0.15) is 0 Å². The van der Waals surface area contributed by atoms with Crippen molar-refractivity contribution < 1.29 is 4.39 Å². The standard InChI is InChI=1S/C56H39FN2/c57-48-28-36-52(37-29-48)59-54-38-27-47(39-53(54)55(45-17-9-3-10-18-45)56(59)46-19-11-4-12-20-46)44-25-34-51(35-26-44)58(49-30-21-42(22-31-49)40-13-5-1-6-14-40)50-32-23-43(24-33-50)41-15-7-2-8-16-41/h1-39H. The van der Waals surface area contributed by atoms with E-state index in [0.29, 0.717) is 0 Å². The van der Waals surface area contributed by atoms with Crippen LogP contribution in [-0.4, -0.2) is 4.57 Å². The third-order valence-electron chi connectivity index (χ3n) is 11.1. The monoisotopic (exact) mass is 758 g/mol. The molecule has 9 aromatic carbocycles. The summed E-state index contributed by atoms with van der Waals surface area (Å²) in [5.41, 5.74) is 16.6. The molecule has 0 unspecified atom stereocenters. The Kier molecular flexibility index (Phi) is 9.46. The summed E-state index contributed by atoms with van der Waals surface area (Å²) in [6.45, 7) is 0. The molecule has 10 rings (SSSR count). The van der Waals surface area contributed by atoms with E-state index in [9.17, 15) is 4.39 Å². The number of benzene rings is 9. The van der Waals surface area contributed by atoms with Crippen LogP contribution in [0.2, 0.25) is 0 Å². The summed E-state index contributed by atoms with van der Waals surface area (Å²) in [5, 5.41) is 1.12. The molecule has 59 heavy (non-hydrogen) atoms. The Bertz CT molecular complexity index is 2890. The Morgan fingerprint density at radius 1 is 0.322 bits per heavy atom. The second-order valence-corrected chi connectivity index (χ2v) is 14.7. The van der Waals surface area contributed by atoms with Crippen molar-refractivity contribution in [3.63, 3.8) is 0 Å². The lowest BCUT2D eigenvalue weighted by Crippen LogP contribution is -2.09. The molecule has 0 saturated heterocycles. The van der Waals surface area contributed by atoms with Gasteiger partial charge in [0.15, 0.2) is 0 Å². The largest absolute Gasteiger partial charge is 0.311 e. The SMILES string of the molecule is Fc1ccc(-n2c(-c3ccccc3)c(-c3ccccc3)c3cc(-c4ccc(N(c5ccc(-c6ccccc6)cc5)c5ccc(-c6ccccc6)cc5)cc4)ccc32)cc1. The van der Waals surface area contributed by atoms with Gasteiger partial charge in [-0.25, -0.2) is 4.39 Å². The first kappa shape index (κ1) is 35.6. The quantitative estimate of drug-likeness (QED) is 0.142. The van der Waals surface area contributed by atoms with Gasteiger partial charge in [-0.2, -0.15) is 0 Å². The lowest BCUT2D eigenvalue weighted by Gasteiger charge is -2.26. The second-order valence-electron chi connectivity index (χ2n) is 14.7. The molecule has 1 heterocycles. The molecule has 2 nitrogen and oxygen atoms in total. The van der Waals surface area contributed by atoms with Crippen LogP contribution >= 0.6 is 0 Å². The van der Waals surface area contributed by atoms with Crippen LogP contribution in [0.15, 0.2) is 237 Å². The van der Waals surface area contributed by atoms with Gasteiger partial charge < -0.3 is 9.47 Å². The lowest BCUT2D eigenvalue weighted by molar-refractivity contribution is 0.627. The molecule has 0 bridgehead atoms. The fourth-order valence-electron chi connectivity index (χ4n) is 8.21. The van der Waals surface area contributed by atoms with Gasteiger partial charge in [0, 0.05) is 33.7 Å². The normalized spacial score (nSPS) is 11.1. The highest BCUT2D eigenvalue weighted by Crippen LogP contribution is 2.44. The van der Waals surface area contributed by atoms with Crippen LogP contribution in [0.4, 0.5) is 21.5 Å². The molecule has 3 heteroatoms. The summed E-state index contributed by atoms with van der Waals surface area (Å²) in [6.07, 6.45) is 0. The second kappa shape index (κ2) is 15.7. The van der Waals surface area contributed by atoms with E-state index < -0.39 is 0 Å². The smallest absolute Gasteiger partial charge is 0.123 e. The van der Waals surface area contributed by atoms with Gasteiger partial charge in [-0.05, 0) is 117 Å². The Morgan fingerprint density at radius 2 is 0.695 bits per heavy atom. The van der Waals surface area contributed by atoms with Crippen molar-refractivity contribution in [2.75, 3.05) is 4.90 Å². The molecule has 0 fully saturated rings. The summed E-state index contributed by atoms with van der Waals surface area (Å²) < 4.78 is 16.5. The van der Waals surface area contributed by atoms with Crippen LogP contribution in [0.25, 0.3) is 72.4 Å². The number of fused-ring (bicyclic) bond motifs is 1. The van der Waals surface area contributed by atoms with Crippen molar-refractivity contribution in [3.05, 3.63) is 242 Å². The lowest BCUT2D eigenvalue weighted by atomic mass is 9.96. The average molecular weight is 759 g/mol. The fourth-order valence-corrected chi connectivity index (χ4v) is 8.21. The predicted molar refractivity (Wildman–Crippen MR) is 245 cm³/mol. The van der Waals surface area contributed by atoms with E-state index in [0.717, 1.165) is 67.2 Å². The first-order chi connectivity index (χ1) is 29.2. The van der Waals surface area contributed by atoms with Crippen LogP contribution < -0.4 is 4.90 Å². The van der Waals surface area contributed by atoms with Crippen LogP contribution in [0.5, 0.6) is 0 Å². The molecule has 0 aliphatic heterocycles. The van der Waals surface area contributed by atoms with E-state index in [-0.39, 0.29) is 5.82 Å². The predicted octanol–water partition coefficient (Wildman–Crippen LogP) is 15.6. The zero-order chi connectivity index (χ0) is 39.5. The minimum Gasteiger partial charge on any atom is -0.311 e. The van der Waals surface area contributed by atoms with Gasteiger partial charge in [0.25, 0.3) is 0 Å². The van der Waals surface area contributed by atoms with Gasteiger partial charge in [-0.1, -0.05) is 164 Å². The molecule has 1 aromatic heterocycles. The van der Waals surface area contributed by atoms with Gasteiger partial charge >= 0.3 is 0 Å². The van der Waals surface area contributed by atoms with Gasteiger partial charge in [-0.15, -0.1) is 0 Å². The maximum absolute atomic E-state index is 14.3. The highest BCUT2D eigenvalue weighted by molar-refractivity contribution is 6.07. The van der Waals surface area contributed by atoms with Crippen molar-refractivity contribution in [3.8, 4) is 61.5 Å². The first-order valence-electron chi connectivity index (χ1n) is 19.9. The van der Waals surface area contributed by atoms with Crippen molar-refractivity contribution in [2.24, 2.45) is 0 Å². The number of hydrogen-bond acceptors (Lipinski definition) is 1. The molecular formula is C56H39FN2. The number of aromatic nitrogens is 1. The maximum atomic E-state index is 14.3. The van der Waals surface area contributed by atoms with Crippen LogP contribution in [0, 0.1) is 5.82 Å². The van der Waals surface area contributed by atoms with E-state index >= 15 is 0 Å². The molecule has 0 saturated carbocycles. The van der Waals surface area contributed by atoms with Gasteiger partial charge in [0.2, 0.25) is 0 Å². The Balaban J connectivity index is 1.08. The molecular weight excluding hydrogens is 720 g/mol. The van der Waals surface area contributed by atoms with E-state index in [4.69, 9.17) is 0 Å². The van der Waals surface area contributed by atoms with Crippen LogP contribution in [-0.2, 0) is 0 Å². The molecule has 10 aromatic rings. The minimum absolute atomic E-state index is 0.257. The Labute approximate surface area is 344 Å². The summed E-state index contributed by atoms with van der Waals surface area (Å²) in [7, 11) is 0. The molecule has 0 aliphatic rings. The summed E-state index contributed by atoms with van der Waals surface area (Å²) in [5.74, 6) is -0.257. The number of halogens is 1. The molecule has 0 radical (unpaired) electrons. The number of anilines is 3. The number of nitrogens with zero attached hydrogens (tertiary/aromatic N) is 2.